The van der Waals surface area contributed by atoms with Crippen molar-refractivity contribution in [1.82, 2.24) is 10.2 Å². The van der Waals surface area contributed by atoms with E-state index in [4.69, 9.17) is 0 Å². The maximum absolute atomic E-state index is 9.87. The molecular formula is C17H28N2O. The van der Waals surface area contributed by atoms with Crippen molar-refractivity contribution in [3.63, 3.8) is 0 Å². The molecule has 1 aliphatic rings. The Bertz CT molecular complexity index is 402. The third-order valence-electron chi connectivity index (χ3n) is 4.27. The topological polar surface area (TPSA) is 35.5 Å². The van der Waals surface area contributed by atoms with Crippen molar-refractivity contribution in [3.05, 3.63) is 35.4 Å². The Labute approximate surface area is 123 Å². The summed E-state index contributed by atoms with van der Waals surface area (Å²) in [4.78, 5) is 2.54. The average Bonchev–Trinajstić information content (AvgIpc) is 2.72. The van der Waals surface area contributed by atoms with E-state index in [0.29, 0.717) is 12.1 Å². The SMILES string of the molecule is CCC(O)c1ccc(C2CN(C(C)C)CCCN2)cc1. The van der Waals surface area contributed by atoms with Crippen LogP contribution in [0.1, 0.15) is 56.9 Å². The molecule has 0 aromatic heterocycles. The molecule has 0 aliphatic carbocycles. The fourth-order valence-electron chi connectivity index (χ4n) is 2.83. The predicted molar refractivity (Wildman–Crippen MR) is 83.8 cm³/mol. The highest BCUT2D eigenvalue weighted by atomic mass is 16.3. The van der Waals surface area contributed by atoms with Crippen LogP contribution in [0.4, 0.5) is 0 Å². The summed E-state index contributed by atoms with van der Waals surface area (Å²) in [6.45, 7) is 9.85. The summed E-state index contributed by atoms with van der Waals surface area (Å²) in [7, 11) is 0. The van der Waals surface area contributed by atoms with Crippen LogP contribution in [0.5, 0.6) is 0 Å². The van der Waals surface area contributed by atoms with Crippen LogP contribution in [0.25, 0.3) is 0 Å². The van der Waals surface area contributed by atoms with Crippen LogP contribution in [0.3, 0.4) is 0 Å². The van der Waals surface area contributed by atoms with Gasteiger partial charge in [-0.25, -0.2) is 0 Å². The molecule has 0 spiro atoms. The van der Waals surface area contributed by atoms with Gasteiger partial charge < -0.3 is 10.4 Å². The zero-order valence-corrected chi connectivity index (χ0v) is 13.0. The third kappa shape index (κ3) is 3.81. The Hall–Kier alpha value is -0.900. The number of nitrogens with zero attached hydrogens (tertiary/aromatic N) is 1. The van der Waals surface area contributed by atoms with Gasteiger partial charge in [0, 0.05) is 18.6 Å². The van der Waals surface area contributed by atoms with Gasteiger partial charge in [0.25, 0.3) is 0 Å². The van der Waals surface area contributed by atoms with E-state index in [0.717, 1.165) is 25.1 Å². The number of aliphatic hydroxyl groups is 1. The Balaban J connectivity index is 2.09. The van der Waals surface area contributed by atoms with E-state index in [1.165, 1.54) is 18.5 Å². The molecule has 1 saturated heterocycles. The summed E-state index contributed by atoms with van der Waals surface area (Å²) in [5.41, 5.74) is 2.34. The summed E-state index contributed by atoms with van der Waals surface area (Å²) in [6, 6.07) is 9.45. The van der Waals surface area contributed by atoms with Crippen LogP contribution in [0, 0.1) is 0 Å². The molecule has 1 aliphatic heterocycles. The molecule has 0 amide bonds. The fraction of sp³-hybridized carbons (Fsp3) is 0.647. The van der Waals surface area contributed by atoms with Crippen LogP contribution in [0.15, 0.2) is 24.3 Å². The van der Waals surface area contributed by atoms with Gasteiger partial charge >= 0.3 is 0 Å². The molecule has 0 bridgehead atoms. The van der Waals surface area contributed by atoms with Gasteiger partial charge in [-0.15, -0.1) is 0 Å². The predicted octanol–water partition coefficient (Wildman–Crippen LogP) is 2.87. The molecular weight excluding hydrogens is 248 g/mol. The van der Waals surface area contributed by atoms with Crippen molar-refractivity contribution in [1.29, 1.82) is 0 Å². The average molecular weight is 276 g/mol. The van der Waals surface area contributed by atoms with Gasteiger partial charge in [0.05, 0.1) is 6.10 Å². The number of hydrogen-bond donors (Lipinski definition) is 2. The summed E-state index contributed by atoms with van der Waals surface area (Å²) < 4.78 is 0. The highest BCUT2D eigenvalue weighted by Crippen LogP contribution is 2.22. The van der Waals surface area contributed by atoms with Gasteiger partial charge in [-0.05, 0) is 50.9 Å². The quantitative estimate of drug-likeness (QED) is 0.887. The fourth-order valence-corrected chi connectivity index (χ4v) is 2.83. The van der Waals surface area contributed by atoms with Gasteiger partial charge in [-0.3, -0.25) is 4.90 Å². The molecule has 3 nitrogen and oxygen atoms in total. The highest BCUT2D eigenvalue weighted by molar-refractivity contribution is 5.26. The van der Waals surface area contributed by atoms with Crippen LogP contribution in [-0.4, -0.2) is 35.7 Å². The second kappa shape index (κ2) is 7.21. The van der Waals surface area contributed by atoms with Crippen molar-refractivity contribution in [2.24, 2.45) is 0 Å². The minimum atomic E-state index is -0.335. The second-order valence-corrected chi connectivity index (χ2v) is 6.04. The van der Waals surface area contributed by atoms with Crippen molar-refractivity contribution < 1.29 is 5.11 Å². The Morgan fingerprint density at radius 1 is 1.30 bits per heavy atom. The molecule has 112 valence electrons. The smallest absolute Gasteiger partial charge is 0.0787 e. The standard InChI is InChI=1S/C17H28N2O/c1-4-17(20)15-8-6-14(7-9-15)16-12-19(13(2)3)11-5-10-18-16/h6-9,13,16-18,20H,4-5,10-12H2,1-3H3. The zero-order chi connectivity index (χ0) is 14.5. The van der Waals surface area contributed by atoms with Crippen molar-refractivity contribution in [3.8, 4) is 0 Å². The number of nitrogens with one attached hydrogen (secondary N) is 1. The van der Waals surface area contributed by atoms with Crippen molar-refractivity contribution >= 4 is 0 Å². The molecule has 20 heavy (non-hydrogen) atoms. The summed E-state index contributed by atoms with van der Waals surface area (Å²) in [6.07, 6.45) is 1.64. The molecule has 1 fully saturated rings. The first kappa shape index (κ1) is 15.5. The largest absolute Gasteiger partial charge is 0.388 e. The molecule has 1 aromatic rings. The first-order valence-electron chi connectivity index (χ1n) is 7.87. The first-order valence-corrected chi connectivity index (χ1v) is 7.87. The normalized spacial score (nSPS) is 22.8. The zero-order valence-electron chi connectivity index (χ0n) is 13.0. The van der Waals surface area contributed by atoms with E-state index in [2.05, 4.69) is 48.3 Å². The summed E-state index contributed by atoms with van der Waals surface area (Å²) in [5.74, 6) is 0. The van der Waals surface area contributed by atoms with E-state index in [9.17, 15) is 5.11 Å². The molecule has 0 saturated carbocycles. The lowest BCUT2D eigenvalue weighted by Gasteiger charge is -2.28. The molecule has 2 N–H and O–H groups in total. The highest BCUT2D eigenvalue weighted by Gasteiger charge is 2.20. The lowest BCUT2D eigenvalue weighted by molar-refractivity contribution is 0.173. The Morgan fingerprint density at radius 3 is 2.60 bits per heavy atom. The van der Waals surface area contributed by atoms with E-state index < -0.39 is 0 Å². The van der Waals surface area contributed by atoms with Gasteiger partial charge in [-0.1, -0.05) is 31.2 Å². The lowest BCUT2D eigenvalue weighted by atomic mass is 10.0. The number of aliphatic hydroxyl groups excluding tert-OH is 1. The van der Waals surface area contributed by atoms with E-state index in [1.807, 2.05) is 6.92 Å². The van der Waals surface area contributed by atoms with Crippen LogP contribution < -0.4 is 5.32 Å². The van der Waals surface area contributed by atoms with Gasteiger partial charge in [-0.2, -0.15) is 0 Å². The Morgan fingerprint density at radius 2 is 2.00 bits per heavy atom. The molecule has 1 aromatic carbocycles. The second-order valence-electron chi connectivity index (χ2n) is 6.04. The maximum Gasteiger partial charge on any atom is 0.0787 e. The molecule has 3 heteroatoms. The van der Waals surface area contributed by atoms with E-state index in [-0.39, 0.29) is 6.10 Å². The number of benzene rings is 1. The maximum atomic E-state index is 9.87. The van der Waals surface area contributed by atoms with Crippen LogP contribution in [0.2, 0.25) is 0 Å². The van der Waals surface area contributed by atoms with Gasteiger partial charge in [0.15, 0.2) is 0 Å². The minimum Gasteiger partial charge on any atom is -0.388 e. The monoisotopic (exact) mass is 276 g/mol. The lowest BCUT2D eigenvalue weighted by Crippen LogP contribution is -2.36. The summed E-state index contributed by atoms with van der Waals surface area (Å²) >= 11 is 0. The van der Waals surface area contributed by atoms with Gasteiger partial charge in [0.2, 0.25) is 0 Å². The van der Waals surface area contributed by atoms with Gasteiger partial charge in [0.1, 0.15) is 0 Å². The van der Waals surface area contributed by atoms with Crippen molar-refractivity contribution in [2.45, 2.75) is 51.8 Å². The molecule has 2 rings (SSSR count). The molecule has 1 heterocycles. The van der Waals surface area contributed by atoms with Crippen LogP contribution in [-0.2, 0) is 0 Å². The van der Waals surface area contributed by atoms with E-state index in [1.54, 1.807) is 0 Å². The molecule has 2 unspecified atom stereocenters. The van der Waals surface area contributed by atoms with Crippen molar-refractivity contribution in [2.75, 3.05) is 19.6 Å². The summed E-state index contributed by atoms with van der Waals surface area (Å²) in [5, 5.41) is 13.5. The first-order chi connectivity index (χ1) is 9.61. The number of hydrogen-bond acceptors (Lipinski definition) is 3. The number of rotatable bonds is 4. The molecule has 0 radical (unpaired) electrons. The third-order valence-corrected chi connectivity index (χ3v) is 4.27. The van der Waals surface area contributed by atoms with Crippen LogP contribution >= 0.6 is 0 Å². The molecule has 2 atom stereocenters. The van der Waals surface area contributed by atoms with E-state index >= 15 is 0 Å². The minimum absolute atomic E-state index is 0.335. The Kier molecular flexibility index (Phi) is 5.58.